The van der Waals surface area contributed by atoms with Gasteiger partial charge in [-0.2, -0.15) is 5.26 Å². The predicted octanol–water partition coefficient (Wildman–Crippen LogP) is 2.02. The zero-order chi connectivity index (χ0) is 14.0. The van der Waals surface area contributed by atoms with E-state index >= 15 is 0 Å². The molecule has 0 spiro atoms. The van der Waals surface area contributed by atoms with E-state index in [1.54, 1.807) is 14.0 Å². The zero-order valence-electron chi connectivity index (χ0n) is 11.1. The average Bonchev–Trinajstić information content (AvgIpc) is 3.01. The molecule has 2 N–H and O–H groups in total. The Kier molecular flexibility index (Phi) is 4.08. The minimum atomic E-state index is -0.00672. The van der Waals surface area contributed by atoms with Crippen molar-refractivity contribution in [2.75, 3.05) is 30.8 Å². The Bertz CT molecular complexity index is 533. The molecule has 1 fully saturated rings. The Balaban J connectivity index is 2.36. The summed E-state index contributed by atoms with van der Waals surface area (Å²) in [6.45, 7) is 3.36. The molecule has 1 atom stereocenters. The number of hydrogen-bond donors (Lipinski definition) is 1. The van der Waals surface area contributed by atoms with Crippen molar-refractivity contribution in [3.8, 4) is 6.07 Å². The number of carbonyl (C=O) groups is 1. The highest BCUT2D eigenvalue weighted by atomic mass is 32.1. The van der Waals surface area contributed by atoms with E-state index in [2.05, 4.69) is 11.0 Å². The molecule has 5 nitrogen and oxygen atoms in total. The third-order valence-electron chi connectivity index (χ3n) is 3.38. The normalized spacial score (nSPS) is 18.6. The fourth-order valence-corrected chi connectivity index (χ4v) is 3.45. The van der Waals surface area contributed by atoms with E-state index in [1.165, 1.54) is 11.3 Å². The van der Waals surface area contributed by atoms with Gasteiger partial charge in [0.25, 0.3) is 0 Å². The van der Waals surface area contributed by atoms with E-state index < -0.39 is 0 Å². The van der Waals surface area contributed by atoms with Crippen molar-refractivity contribution in [1.29, 1.82) is 5.26 Å². The summed E-state index contributed by atoms with van der Waals surface area (Å²) in [6.07, 6.45) is 1.51. The first kappa shape index (κ1) is 13.8. The summed E-state index contributed by atoms with van der Waals surface area (Å²) in [5.74, 6) is -0.00672. The van der Waals surface area contributed by atoms with E-state index in [9.17, 15) is 10.1 Å². The maximum atomic E-state index is 11.8. The van der Waals surface area contributed by atoms with Crippen LogP contribution in [0.2, 0.25) is 0 Å². The smallest absolute Gasteiger partial charge is 0.174 e. The number of nitrogens with zero attached hydrogens (tertiary/aromatic N) is 2. The second-order valence-electron chi connectivity index (χ2n) is 4.51. The minimum absolute atomic E-state index is 0.00672. The van der Waals surface area contributed by atoms with Gasteiger partial charge in [-0.3, -0.25) is 4.79 Å². The fourth-order valence-electron chi connectivity index (χ4n) is 2.23. The Labute approximate surface area is 116 Å². The third-order valence-corrected chi connectivity index (χ3v) is 4.69. The highest BCUT2D eigenvalue weighted by Crippen LogP contribution is 2.39. The SMILES string of the molecule is CCC(=O)c1sc(N2CCC(OC)C2)c(C#N)c1N. The van der Waals surface area contributed by atoms with Crippen LogP contribution < -0.4 is 10.6 Å². The van der Waals surface area contributed by atoms with Crippen LogP contribution in [-0.4, -0.2) is 32.1 Å². The monoisotopic (exact) mass is 279 g/mol. The first-order chi connectivity index (χ1) is 9.12. The molecule has 19 heavy (non-hydrogen) atoms. The molecule has 0 saturated carbocycles. The molecule has 1 aliphatic heterocycles. The number of ketones is 1. The van der Waals surface area contributed by atoms with Crippen LogP contribution in [0.25, 0.3) is 0 Å². The van der Waals surface area contributed by atoms with Crippen LogP contribution in [0.4, 0.5) is 10.7 Å². The molecule has 0 aromatic carbocycles. The van der Waals surface area contributed by atoms with Gasteiger partial charge in [0, 0.05) is 26.6 Å². The zero-order valence-corrected chi connectivity index (χ0v) is 11.9. The van der Waals surface area contributed by atoms with Gasteiger partial charge in [0.05, 0.1) is 16.7 Å². The fraction of sp³-hybridized carbons (Fsp3) is 0.538. The standard InChI is InChI=1S/C13H17N3O2S/c1-3-10(17)12-11(15)9(6-14)13(19-12)16-5-4-8(7-16)18-2/h8H,3-5,7,15H2,1-2H3. The van der Waals surface area contributed by atoms with Crippen LogP contribution >= 0.6 is 11.3 Å². The Hall–Kier alpha value is -1.58. The summed E-state index contributed by atoms with van der Waals surface area (Å²) < 4.78 is 5.32. The number of thiophene rings is 1. The maximum absolute atomic E-state index is 11.8. The summed E-state index contributed by atoms with van der Waals surface area (Å²) in [6, 6.07) is 2.12. The van der Waals surface area contributed by atoms with Gasteiger partial charge in [-0.1, -0.05) is 6.92 Å². The summed E-state index contributed by atoms with van der Waals surface area (Å²) in [4.78, 5) is 14.4. The predicted molar refractivity (Wildman–Crippen MR) is 75.7 cm³/mol. The minimum Gasteiger partial charge on any atom is -0.396 e. The summed E-state index contributed by atoms with van der Waals surface area (Å²) in [5.41, 5.74) is 6.69. The number of hydrogen-bond acceptors (Lipinski definition) is 6. The molecule has 2 rings (SSSR count). The Morgan fingerprint density at radius 1 is 1.68 bits per heavy atom. The lowest BCUT2D eigenvalue weighted by Crippen LogP contribution is -2.21. The quantitative estimate of drug-likeness (QED) is 0.853. The van der Waals surface area contributed by atoms with Crippen molar-refractivity contribution in [1.82, 2.24) is 0 Å². The maximum Gasteiger partial charge on any atom is 0.174 e. The molecule has 102 valence electrons. The van der Waals surface area contributed by atoms with Crippen LogP contribution in [0.3, 0.4) is 0 Å². The first-order valence-electron chi connectivity index (χ1n) is 6.25. The van der Waals surface area contributed by atoms with E-state index in [-0.39, 0.29) is 11.9 Å². The van der Waals surface area contributed by atoms with Gasteiger partial charge in [-0.05, 0) is 6.42 Å². The molecular formula is C13H17N3O2S. The molecule has 1 unspecified atom stereocenters. The average molecular weight is 279 g/mol. The number of nitriles is 1. The molecule has 1 aliphatic rings. The molecule has 0 bridgehead atoms. The molecule has 2 heterocycles. The lowest BCUT2D eigenvalue weighted by Gasteiger charge is -2.16. The van der Waals surface area contributed by atoms with E-state index in [1.807, 2.05) is 0 Å². The van der Waals surface area contributed by atoms with E-state index in [0.29, 0.717) is 22.5 Å². The van der Waals surface area contributed by atoms with Crippen molar-refractivity contribution >= 4 is 27.8 Å². The van der Waals surface area contributed by atoms with Crippen LogP contribution in [0, 0.1) is 11.3 Å². The van der Waals surface area contributed by atoms with Crippen LogP contribution in [0.5, 0.6) is 0 Å². The van der Waals surface area contributed by atoms with Crippen LogP contribution in [-0.2, 0) is 4.74 Å². The highest BCUT2D eigenvalue weighted by molar-refractivity contribution is 7.19. The van der Waals surface area contributed by atoms with Gasteiger partial charge in [0.1, 0.15) is 16.6 Å². The van der Waals surface area contributed by atoms with E-state index in [0.717, 1.165) is 24.5 Å². The Morgan fingerprint density at radius 3 is 2.95 bits per heavy atom. The number of rotatable bonds is 4. The number of nitrogen functional groups attached to an aromatic ring is 1. The lowest BCUT2D eigenvalue weighted by molar-refractivity contribution is 0.0993. The molecule has 1 aromatic rings. The Morgan fingerprint density at radius 2 is 2.42 bits per heavy atom. The molecule has 1 aromatic heterocycles. The molecule has 0 amide bonds. The van der Waals surface area contributed by atoms with Crippen LogP contribution in [0.1, 0.15) is 35.0 Å². The van der Waals surface area contributed by atoms with Crippen molar-refractivity contribution < 1.29 is 9.53 Å². The van der Waals surface area contributed by atoms with Gasteiger partial charge in [0.2, 0.25) is 0 Å². The molecule has 1 saturated heterocycles. The number of Topliss-reactive ketones (excluding diaryl/α,β-unsaturated/α-hetero) is 1. The first-order valence-corrected chi connectivity index (χ1v) is 7.07. The summed E-state index contributed by atoms with van der Waals surface area (Å²) in [5, 5.41) is 10.1. The lowest BCUT2D eigenvalue weighted by atomic mass is 10.2. The van der Waals surface area contributed by atoms with E-state index in [4.69, 9.17) is 10.5 Å². The largest absolute Gasteiger partial charge is 0.396 e. The second kappa shape index (κ2) is 5.59. The van der Waals surface area contributed by atoms with Gasteiger partial charge in [-0.15, -0.1) is 11.3 Å². The summed E-state index contributed by atoms with van der Waals surface area (Å²) >= 11 is 1.33. The topological polar surface area (TPSA) is 79.3 Å². The third kappa shape index (κ3) is 2.44. The molecule has 6 heteroatoms. The molecular weight excluding hydrogens is 262 g/mol. The van der Waals surface area contributed by atoms with Gasteiger partial charge in [0.15, 0.2) is 5.78 Å². The summed E-state index contributed by atoms with van der Waals surface area (Å²) in [7, 11) is 1.69. The van der Waals surface area contributed by atoms with Crippen molar-refractivity contribution in [3.05, 3.63) is 10.4 Å². The van der Waals surface area contributed by atoms with Crippen molar-refractivity contribution in [2.45, 2.75) is 25.9 Å². The highest BCUT2D eigenvalue weighted by Gasteiger charge is 2.29. The number of anilines is 2. The van der Waals surface area contributed by atoms with Gasteiger partial charge < -0.3 is 15.4 Å². The number of nitrogens with two attached hydrogens (primary N) is 1. The molecule has 0 aliphatic carbocycles. The second-order valence-corrected chi connectivity index (χ2v) is 5.51. The van der Waals surface area contributed by atoms with Crippen LogP contribution in [0.15, 0.2) is 0 Å². The van der Waals surface area contributed by atoms with Gasteiger partial charge in [-0.25, -0.2) is 0 Å². The molecule has 0 radical (unpaired) electrons. The number of methoxy groups -OCH3 is 1. The number of carbonyl (C=O) groups excluding carboxylic acids is 1. The van der Waals surface area contributed by atoms with Gasteiger partial charge >= 0.3 is 0 Å². The van der Waals surface area contributed by atoms with Crippen molar-refractivity contribution in [3.63, 3.8) is 0 Å². The number of ether oxygens (including phenoxy) is 1. The van der Waals surface area contributed by atoms with Crippen molar-refractivity contribution in [2.24, 2.45) is 0 Å².